The van der Waals surface area contributed by atoms with Crippen molar-refractivity contribution in [2.45, 2.75) is 0 Å². The third-order valence-corrected chi connectivity index (χ3v) is 2.63. The van der Waals surface area contributed by atoms with Crippen molar-refractivity contribution >= 4 is 0 Å². The number of fused-ring (bicyclic) bond motifs is 1. The Morgan fingerprint density at radius 2 is 1.38 bits per heavy atom. The van der Waals surface area contributed by atoms with E-state index < -0.39 is 0 Å². The summed E-state index contributed by atoms with van der Waals surface area (Å²) in [6.45, 7) is 0.767. The molecule has 0 saturated carbocycles. The highest BCUT2D eigenvalue weighted by atomic mass is 16.5. The smallest absolute Gasteiger partial charge is 0.124 e. The summed E-state index contributed by atoms with van der Waals surface area (Å²) in [6, 6.07) is 0. The number of aliphatic hydroxyl groups is 2. The van der Waals surface area contributed by atoms with Gasteiger partial charge in [-0.1, -0.05) is 0 Å². The maximum Gasteiger partial charge on any atom is 0.124 e. The third kappa shape index (κ3) is 0.968. The number of nitrogens with two attached hydrogens (primary N) is 2. The van der Waals surface area contributed by atoms with Gasteiger partial charge in [-0.15, -0.1) is 0 Å². The number of hydrogen-bond acceptors (Lipinski definition) is 5. The summed E-state index contributed by atoms with van der Waals surface area (Å²) in [7, 11) is 0. The van der Waals surface area contributed by atoms with E-state index in [4.69, 9.17) is 16.2 Å². The van der Waals surface area contributed by atoms with Crippen LogP contribution in [0.2, 0.25) is 0 Å². The maximum absolute atomic E-state index is 9.59. The summed E-state index contributed by atoms with van der Waals surface area (Å²) in [5.41, 5.74) is 11.1. The molecule has 0 aromatic carbocycles. The summed E-state index contributed by atoms with van der Waals surface area (Å²) in [6.07, 6.45) is 0. The van der Waals surface area contributed by atoms with Crippen molar-refractivity contribution in [1.29, 1.82) is 0 Å². The van der Waals surface area contributed by atoms with Crippen molar-refractivity contribution in [3.63, 3.8) is 0 Å². The van der Waals surface area contributed by atoms with E-state index in [1.54, 1.807) is 0 Å². The second-order valence-corrected chi connectivity index (χ2v) is 3.35. The molecule has 13 heavy (non-hydrogen) atoms. The summed E-state index contributed by atoms with van der Waals surface area (Å²) in [4.78, 5) is 0. The first-order valence-electron chi connectivity index (χ1n) is 4.08. The molecule has 2 rings (SSSR count). The van der Waals surface area contributed by atoms with E-state index >= 15 is 0 Å². The Kier molecular flexibility index (Phi) is 1.63. The average Bonchev–Trinajstić information content (AvgIpc) is 2.59. The van der Waals surface area contributed by atoms with Crippen molar-refractivity contribution in [3.8, 4) is 0 Å². The monoisotopic (exact) mass is 184 g/mol. The minimum absolute atomic E-state index is 0.0396. The lowest BCUT2D eigenvalue weighted by Gasteiger charge is -2.24. The summed E-state index contributed by atoms with van der Waals surface area (Å²) < 4.78 is 5.13. The molecule has 2 aliphatic rings. The fourth-order valence-electron chi connectivity index (χ4n) is 1.77. The molecule has 5 heteroatoms. The zero-order valence-corrected chi connectivity index (χ0v) is 7.03. The van der Waals surface area contributed by atoms with Crippen molar-refractivity contribution in [2.75, 3.05) is 13.2 Å². The predicted molar refractivity (Wildman–Crippen MR) is 45.5 cm³/mol. The van der Waals surface area contributed by atoms with Crippen LogP contribution in [0.1, 0.15) is 0 Å². The Hall–Kier alpha value is -1.36. The second kappa shape index (κ2) is 2.56. The molecule has 1 saturated heterocycles. The van der Waals surface area contributed by atoms with Gasteiger partial charge in [0, 0.05) is 0 Å². The molecule has 0 radical (unpaired) electrons. The lowest BCUT2D eigenvalue weighted by atomic mass is 9.86. The minimum atomic E-state index is -0.229. The van der Waals surface area contributed by atoms with E-state index in [0.717, 1.165) is 0 Å². The number of ether oxygens (including phenoxy) is 1. The number of rotatable bonds is 0. The summed E-state index contributed by atoms with van der Waals surface area (Å²) >= 11 is 0. The molecule has 2 atom stereocenters. The van der Waals surface area contributed by atoms with Gasteiger partial charge in [0.15, 0.2) is 0 Å². The highest BCUT2D eigenvalue weighted by Crippen LogP contribution is 2.37. The Morgan fingerprint density at radius 3 is 1.77 bits per heavy atom. The lowest BCUT2D eigenvalue weighted by Crippen LogP contribution is -2.30. The quantitative estimate of drug-likeness (QED) is 0.414. The Bertz CT molecular complexity index is 279. The molecule has 0 bridgehead atoms. The van der Waals surface area contributed by atoms with E-state index in [-0.39, 0.29) is 34.7 Å². The summed E-state index contributed by atoms with van der Waals surface area (Å²) in [5.74, 6) is -0.379. The van der Waals surface area contributed by atoms with Gasteiger partial charge >= 0.3 is 0 Å². The third-order valence-electron chi connectivity index (χ3n) is 2.63. The molecule has 1 fully saturated rings. The van der Waals surface area contributed by atoms with Crippen LogP contribution < -0.4 is 11.5 Å². The van der Waals surface area contributed by atoms with E-state index in [0.29, 0.717) is 13.2 Å². The van der Waals surface area contributed by atoms with Crippen LogP contribution in [0.25, 0.3) is 0 Å². The molecular formula is C8H12N2O3. The van der Waals surface area contributed by atoms with Crippen LogP contribution in [-0.4, -0.2) is 23.4 Å². The van der Waals surface area contributed by atoms with Gasteiger partial charge in [-0.2, -0.15) is 0 Å². The topological polar surface area (TPSA) is 102 Å². The van der Waals surface area contributed by atoms with Gasteiger partial charge in [0.05, 0.1) is 36.4 Å². The largest absolute Gasteiger partial charge is 0.510 e. The molecule has 0 amide bonds. The standard InChI is InChI=1S/C8H12N2O3/c9-5-6(10)8(12)4-2-13-1-3(4)7(5)11/h3-4,11-12H,1-2,9-10H2/t3-,4+. The fourth-order valence-corrected chi connectivity index (χ4v) is 1.77. The van der Waals surface area contributed by atoms with Crippen LogP contribution >= 0.6 is 0 Å². The van der Waals surface area contributed by atoms with Gasteiger partial charge in [0.25, 0.3) is 0 Å². The highest BCUT2D eigenvalue weighted by molar-refractivity contribution is 5.37. The van der Waals surface area contributed by atoms with Crippen molar-refractivity contribution in [3.05, 3.63) is 22.9 Å². The van der Waals surface area contributed by atoms with Gasteiger partial charge in [-0.05, 0) is 0 Å². The van der Waals surface area contributed by atoms with Crippen molar-refractivity contribution in [1.82, 2.24) is 0 Å². The zero-order valence-electron chi connectivity index (χ0n) is 7.03. The van der Waals surface area contributed by atoms with Crippen LogP contribution in [-0.2, 0) is 4.74 Å². The Labute approximate surface area is 75.3 Å². The van der Waals surface area contributed by atoms with Crippen LogP contribution in [0, 0.1) is 11.8 Å². The number of aliphatic hydroxyl groups excluding tert-OH is 2. The maximum atomic E-state index is 9.59. The summed E-state index contributed by atoms with van der Waals surface area (Å²) in [5, 5.41) is 19.2. The van der Waals surface area contributed by atoms with Crippen LogP contribution in [0.15, 0.2) is 22.9 Å². The van der Waals surface area contributed by atoms with Gasteiger partial charge in [-0.3, -0.25) is 0 Å². The molecule has 5 nitrogen and oxygen atoms in total. The first-order chi connectivity index (χ1) is 6.13. The Balaban J connectivity index is 2.47. The van der Waals surface area contributed by atoms with E-state index in [2.05, 4.69) is 0 Å². The molecule has 1 aliphatic heterocycles. The molecule has 0 aromatic rings. The molecule has 1 heterocycles. The van der Waals surface area contributed by atoms with Gasteiger partial charge in [0.2, 0.25) is 0 Å². The van der Waals surface area contributed by atoms with Gasteiger partial charge in [0.1, 0.15) is 11.5 Å². The fraction of sp³-hybridized carbons (Fsp3) is 0.500. The molecule has 0 spiro atoms. The highest BCUT2D eigenvalue weighted by Gasteiger charge is 2.40. The molecule has 0 unspecified atom stereocenters. The van der Waals surface area contributed by atoms with Crippen LogP contribution in [0.3, 0.4) is 0 Å². The van der Waals surface area contributed by atoms with E-state index in [9.17, 15) is 10.2 Å². The normalized spacial score (nSPS) is 33.8. The zero-order chi connectivity index (χ0) is 9.59. The van der Waals surface area contributed by atoms with E-state index in [1.165, 1.54) is 0 Å². The second-order valence-electron chi connectivity index (χ2n) is 3.35. The average molecular weight is 184 g/mol. The Morgan fingerprint density at radius 1 is 1.00 bits per heavy atom. The van der Waals surface area contributed by atoms with Gasteiger partial charge < -0.3 is 26.4 Å². The van der Waals surface area contributed by atoms with Crippen LogP contribution in [0.5, 0.6) is 0 Å². The molecule has 72 valence electrons. The minimum Gasteiger partial charge on any atom is -0.510 e. The van der Waals surface area contributed by atoms with Crippen molar-refractivity contribution in [2.24, 2.45) is 23.3 Å². The van der Waals surface area contributed by atoms with Gasteiger partial charge in [-0.25, -0.2) is 0 Å². The predicted octanol–water partition coefficient (Wildman–Crippen LogP) is -0.281. The lowest BCUT2D eigenvalue weighted by molar-refractivity contribution is 0.177. The number of hydrogen-bond donors (Lipinski definition) is 4. The first-order valence-corrected chi connectivity index (χ1v) is 4.08. The first kappa shape index (κ1) is 8.25. The molecular weight excluding hydrogens is 172 g/mol. The van der Waals surface area contributed by atoms with E-state index in [1.807, 2.05) is 0 Å². The molecule has 1 aliphatic carbocycles. The van der Waals surface area contributed by atoms with Crippen LogP contribution in [0.4, 0.5) is 0 Å². The molecule has 6 N–H and O–H groups in total. The van der Waals surface area contributed by atoms with Crippen molar-refractivity contribution < 1.29 is 14.9 Å². The SMILES string of the molecule is NC1=C(O)[C@H]2COC[C@H]2C(O)=C1N. The molecule has 0 aromatic heterocycles.